The van der Waals surface area contributed by atoms with Crippen LogP contribution in [0, 0.1) is 5.41 Å². The second-order valence-corrected chi connectivity index (χ2v) is 5.51. The Morgan fingerprint density at radius 1 is 1.47 bits per heavy atom. The molecule has 0 spiro atoms. The summed E-state index contributed by atoms with van der Waals surface area (Å²) in [6.45, 7) is 6.32. The van der Waals surface area contributed by atoms with Crippen LogP contribution in [0.4, 0.5) is 0 Å². The van der Waals surface area contributed by atoms with Gasteiger partial charge in [-0.05, 0) is 23.6 Å². The lowest BCUT2D eigenvalue weighted by Crippen LogP contribution is -2.48. The predicted octanol–water partition coefficient (Wildman–Crippen LogP) is 1.50. The fraction of sp³-hybridized carbons (Fsp3) is 0.500. The van der Waals surface area contributed by atoms with Crippen LogP contribution in [0.5, 0.6) is 11.5 Å². The number of rotatable bonds is 4. The Bertz CT molecular complexity index is 452. The molecule has 5 nitrogen and oxygen atoms in total. The third-order valence-corrected chi connectivity index (χ3v) is 3.03. The van der Waals surface area contributed by atoms with E-state index in [1.807, 2.05) is 20.8 Å². The Morgan fingerprint density at radius 3 is 2.58 bits per heavy atom. The molecule has 0 heterocycles. The minimum Gasteiger partial charge on any atom is -0.507 e. The van der Waals surface area contributed by atoms with Gasteiger partial charge in [0.25, 0.3) is 5.91 Å². The van der Waals surface area contributed by atoms with Crippen LogP contribution in [-0.2, 0) is 0 Å². The average Bonchev–Trinajstić information content (AvgIpc) is 2.34. The van der Waals surface area contributed by atoms with Crippen LogP contribution in [0.25, 0.3) is 0 Å². The second kappa shape index (κ2) is 5.93. The monoisotopic (exact) mass is 266 g/mol. The summed E-state index contributed by atoms with van der Waals surface area (Å²) in [6, 6.07) is 4.35. The molecule has 106 valence electrons. The minimum atomic E-state index is -0.359. The molecule has 0 saturated carbocycles. The minimum absolute atomic E-state index is 0.0806. The number of hydrogen-bond acceptors (Lipinski definition) is 4. The van der Waals surface area contributed by atoms with E-state index >= 15 is 0 Å². The fourth-order valence-corrected chi connectivity index (χ4v) is 1.69. The van der Waals surface area contributed by atoms with Crippen molar-refractivity contribution in [2.45, 2.75) is 26.8 Å². The van der Waals surface area contributed by atoms with Gasteiger partial charge in [-0.15, -0.1) is 0 Å². The number of ether oxygens (including phenoxy) is 1. The van der Waals surface area contributed by atoms with Crippen molar-refractivity contribution in [3.8, 4) is 11.5 Å². The van der Waals surface area contributed by atoms with E-state index < -0.39 is 0 Å². The Labute approximate surface area is 113 Å². The molecule has 1 atom stereocenters. The third kappa shape index (κ3) is 3.86. The van der Waals surface area contributed by atoms with E-state index in [4.69, 9.17) is 10.5 Å². The molecule has 0 bridgehead atoms. The molecular formula is C14H22N2O3. The molecule has 0 aliphatic rings. The molecular weight excluding hydrogens is 244 g/mol. The van der Waals surface area contributed by atoms with Crippen LogP contribution in [0.1, 0.15) is 31.1 Å². The van der Waals surface area contributed by atoms with Crippen LogP contribution in [0.2, 0.25) is 0 Å². The first-order valence-corrected chi connectivity index (χ1v) is 6.17. The molecule has 1 unspecified atom stereocenters. The fourth-order valence-electron chi connectivity index (χ4n) is 1.69. The maximum absolute atomic E-state index is 12.2. The molecule has 0 aromatic heterocycles. The molecule has 1 aromatic rings. The second-order valence-electron chi connectivity index (χ2n) is 5.51. The highest BCUT2D eigenvalue weighted by Crippen LogP contribution is 2.24. The highest BCUT2D eigenvalue weighted by atomic mass is 16.5. The highest BCUT2D eigenvalue weighted by molar-refractivity contribution is 5.97. The zero-order valence-corrected chi connectivity index (χ0v) is 11.9. The van der Waals surface area contributed by atoms with Gasteiger partial charge in [0.1, 0.15) is 11.5 Å². The number of hydrogen-bond donors (Lipinski definition) is 3. The summed E-state index contributed by atoms with van der Waals surface area (Å²) in [6.07, 6.45) is 0. The molecule has 19 heavy (non-hydrogen) atoms. The quantitative estimate of drug-likeness (QED) is 0.771. The first-order chi connectivity index (χ1) is 8.79. The Balaban J connectivity index is 2.94. The normalized spacial score (nSPS) is 12.9. The van der Waals surface area contributed by atoms with Crippen LogP contribution in [0.3, 0.4) is 0 Å². The Morgan fingerprint density at radius 2 is 2.11 bits per heavy atom. The number of carbonyl (C=O) groups is 1. The van der Waals surface area contributed by atoms with Gasteiger partial charge < -0.3 is 20.9 Å². The summed E-state index contributed by atoms with van der Waals surface area (Å²) in [7, 11) is 1.51. The van der Waals surface area contributed by atoms with Gasteiger partial charge in [-0.3, -0.25) is 4.79 Å². The van der Waals surface area contributed by atoms with E-state index in [1.54, 1.807) is 6.07 Å². The van der Waals surface area contributed by atoms with Gasteiger partial charge in [0.15, 0.2) is 0 Å². The molecule has 4 N–H and O–H groups in total. The smallest absolute Gasteiger partial charge is 0.255 e. The number of nitrogens with two attached hydrogens (primary N) is 1. The molecule has 1 aromatic carbocycles. The number of aromatic hydroxyl groups is 1. The topological polar surface area (TPSA) is 84.6 Å². The van der Waals surface area contributed by atoms with Gasteiger partial charge in [-0.25, -0.2) is 0 Å². The SMILES string of the molecule is COc1ccc(O)c(C(=O)NC(CN)C(C)(C)C)c1. The lowest BCUT2D eigenvalue weighted by Gasteiger charge is -2.30. The number of amides is 1. The van der Waals surface area contributed by atoms with Crippen molar-refractivity contribution in [3.63, 3.8) is 0 Å². The molecule has 0 saturated heterocycles. The van der Waals surface area contributed by atoms with Gasteiger partial charge in [0.05, 0.1) is 12.7 Å². The third-order valence-electron chi connectivity index (χ3n) is 3.03. The Hall–Kier alpha value is -1.75. The van der Waals surface area contributed by atoms with Crippen LogP contribution in [0.15, 0.2) is 18.2 Å². The molecule has 0 fully saturated rings. The Kier molecular flexibility index (Phi) is 4.78. The predicted molar refractivity (Wildman–Crippen MR) is 74.4 cm³/mol. The van der Waals surface area contributed by atoms with Crippen molar-refractivity contribution in [3.05, 3.63) is 23.8 Å². The van der Waals surface area contributed by atoms with Crippen LogP contribution < -0.4 is 15.8 Å². The molecule has 0 radical (unpaired) electrons. The van der Waals surface area contributed by atoms with Crippen LogP contribution in [-0.4, -0.2) is 30.7 Å². The zero-order valence-electron chi connectivity index (χ0n) is 11.9. The standard InChI is InChI=1S/C14H22N2O3/c1-14(2,3)12(8-15)16-13(18)10-7-9(19-4)5-6-11(10)17/h5-7,12,17H,8,15H2,1-4H3,(H,16,18). The number of phenolic OH excluding ortho intramolecular Hbond substituents is 1. The number of methoxy groups -OCH3 is 1. The first kappa shape index (κ1) is 15.3. The maximum atomic E-state index is 12.2. The van der Waals surface area contributed by atoms with Crippen molar-refractivity contribution in [2.75, 3.05) is 13.7 Å². The average molecular weight is 266 g/mol. The van der Waals surface area contributed by atoms with Crippen molar-refractivity contribution >= 4 is 5.91 Å². The highest BCUT2D eigenvalue weighted by Gasteiger charge is 2.26. The van der Waals surface area contributed by atoms with E-state index in [0.717, 1.165) is 0 Å². The number of carbonyl (C=O) groups excluding carboxylic acids is 1. The summed E-state index contributed by atoms with van der Waals surface area (Å²) >= 11 is 0. The van der Waals surface area contributed by atoms with E-state index in [1.165, 1.54) is 19.2 Å². The van der Waals surface area contributed by atoms with E-state index in [2.05, 4.69) is 5.32 Å². The van der Waals surface area contributed by atoms with Gasteiger partial charge >= 0.3 is 0 Å². The van der Waals surface area contributed by atoms with E-state index in [0.29, 0.717) is 12.3 Å². The largest absolute Gasteiger partial charge is 0.507 e. The van der Waals surface area contributed by atoms with Gasteiger partial charge in [0, 0.05) is 12.6 Å². The summed E-state index contributed by atoms with van der Waals surface area (Å²) in [5.74, 6) is 0.0766. The maximum Gasteiger partial charge on any atom is 0.255 e. The van der Waals surface area contributed by atoms with Crippen molar-refractivity contribution in [1.29, 1.82) is 0 Å². The zero-order chi connectivity index (χ0) is 14.6. The van der Waals surface area contributed by atoms with Gasteiger partial charge in [0.2, 0.25) is 0 Å². The number of nitrogens with one attached hydrogen (secondary N) is 1. The lowest BCUT2D eigenvalue weighted by atomic mass is 9.86. The van der Waals surface area contributed by atoms with E-state index in [-0.39, 0.29) is 28.7 Å². The van der Waals surface area contributed by atoms with Crippen molar-refractivity contribution < 1.29 is 14.6 Å². The molecule has 0 aliphatic heterocycles. The van der Waals surface area contributed by atoms with E-state index in [9.17, 15) is 9.90 Å². The van der Waals surface area contributed by atoms with Gasteiger partial charge in [-0.1, -0.05) is 20.8 Å². The summed E-state index contributed by atoms with van der Waals surface area (Å²) in [4.78, 5) is 12.2. The number of benzene rings is 1. The molecule has 1 amide bonds. The molecule has 0 aliphatic carbocycles. The molecule has 5 heteroatoms. The van der Waals surface area contributed by atoms with Crippen LogP contribution >= 0.6 is 0 Å². The lowest BCUT2D eigenvalue weighted by molar-refractivity contribution is 0.0902. The number of phenols is 1. The van der Waals surface area contributed by atoms with Crippen molar-refractivity contribution in [1.82, 2.24) is 5.32 Å². The van der Waals surface area contributed by atoms with Gasteiger partial charge in [-0.2, -0.15) is 0 Å². The summed E-state index contributed by atoms with van der Waals surface area (Å²) in [5.41, 5.74) is 5.71. The summed E-state index contributed by atoms with van der Waals surface area (Å²) in [5, 5.41) is 12.6. The molecule has 1 rings (SSSR count). The first-order valence-electron chi connectivity index (χ1n) is 6.17. The van der Waals surface area contributed by atoms with Crippen molar-refractivity contribution in [2.24, 2.45) is 11.1 Å². The summed E-state index contributed by atoms with van der Waals surface area (Å²) < 4.78 is 5.04.